The van der Waals surface area contributed by atoms with Gasteiger partial charge in [0.1, 0.15) is 15.8 Å². The molecular formula is C19H17NO3S2. The van der Waals surface area contributed by atoms with E-state index in [2.05, 4.69) is 0 Å². The number of carbonyl (C=O) groups excluding carboxylic acids is 1. The van der Waals surface area contributed by atoms with Crippen molar-refractivity contribution < 1.29 is 13.9 Å². The fraction of sp³-hybridized carbons (Fsp3) is 0.158. The average molecular weight is 371 g/mol. The summed E-state index contributed by atoms with van der Waals surface area (Å²) in [5, 5.41) is 0. The van der Waals surface area contributed by atoms with Gasteiger partial charge >= 0.3 is 0 Å². The molecule has 0 bridgehead atoms. The summed E-state index contributed by atoms with van der Waals surface area (Å²) in [6, 6.07) is 11.5. The lowest BCUT2D eigenvalue weighted by Gasteiger charge is -2.14. The minimum Gasteiger partial charge on any atom is -0.497 e. The maximum atomic E-state index is 12.5. The van der Waals surface area contributed by atoms with Crippen molar-refractivity contribution in [2.75, 3.05) is 13.7 Å². The van der Waals surface area contributed by atoms with Crippen molar-refractivity contribution in [1.82, 2.24) is 4.90 Å². The van der Waals surface area contributed by atoms with E-state index < -0.39 is 0 Å². The van der Waals surface area contributed by atoms with Crippen LogP contribution in [0.4, 0.5) is 0 Å². The Morgan fingerprint density at radius 2 is 2.08 bits per heavy atom. The average Bonchev–Trinajstić information content (AvgIpc) is 3.23. The van der Waals surface area contributed by atoms with Crippen LogP contribution in [-0.4, -0.2) is 28.8 Å². The molecule has 4 nitrogen and oxygen atoms in total. The molecule has 3 rings (SSSR count). The highest BCUT2D eigenvalue weighted by molar-refractivity contribution is 8.26. The SMILES string of the molecule is COc1ccc(CCN2C(=O)/C(=C\C=C\c3ccco3)SC2=S)cc1. The molecule has 1 aromatic heterocycles. The van der Waals surface area contributed by atoms with E-state index in [1.807, 2.05) is 42.5 Å². The molecule has 2 aromatic rings. The molecular weight excluding hydrogens is 354 g/mol. The second kappa shape index (κ2) is 8.18. The summed E-state index contributed by atoms with van der Waals surface area (Å²) in [5.74, 6) is 1.51. The quantitative estimate of drug-likeness (QED) is 0.560. The summed E-state index contributed by atoms with van der Waals surface area (Å²) in [6.45, 7) is 0.566. The number of furan rings is 1. The van der Waals surface area contributed by atoms with E-state index in [9.17, 15) is 4.79 Å². The second-order valence-electron chi connectivity index (χ2n) is 5.33. The highest BCUT2D eigenvalue weighted by Gasteiger charge is 2.31. The molecule has 1 aliphatic rings. The molecule has 6 heteroatoms. The first-order chi connectivity index (χ1) is 12.2. The largest absolute Gasteiger partial charge is 0.497 e. The predicted octanol–water partition coefficient (Wildman–Crippen LogP) is 4.29. The van der Waals surface area contributed by atoms with Crippen molar-refractivity contribution in [3.8, 4) is 5.75 Å². The molecule has 0 saturated carbocycles. The third-order valence-corrected chi connectivity index (χ3v) is 5.10. The van der Waals surface area contributed by atoms with Crippen LogP contribution in [0.2, 0.25) is 0 Å². The van der Waals surface area contributed by atoms with Gasteiger partial charge in [0.2, 0.25) is 0 Å². The molecule has 0 N–H and O–H groups in total. The Hall–Kier alpha value is -2.31. The summed E-state index contributed by atoms with van der Waals surface area (Å²) in [7, 11) is 1.64. The maximum absolute atomic E-state index is 12.5. The molecule has 1 saturated heterocycles. The first-order valence-electron chi connectivity index (χ1n) is 7.76. The van der Waals surface area contributed by atoms with Gasteiger partial charge in [-0.1, -0.05) is 42.2 Å². The molecule has 2 heterocycles. The lowest BCUT2D eigenvalue weighted by molar-refractivity contribution is -0.122. The van der Waals surface area contributed by atoms with E-state index in [1.54, 1.807) is 30.4 Å². The molecule has 1 aliphatic heterocycles. The monoisotopic (exact) mass is 371 g/mol. The normalized spacial score (nSPS) is 16.4. The first kappa shape index (κ1) is 17.5. The number of hydrogen-bond acceptors (Lipinski definition) is 5. The minimum absolute atomic E-state index is 0.0485. The zero-order valence-corrected chi connectivity index (χ0v) is 15.3. The van der Waals surface area contributed by atoms with Crippen molar-refractivity contribution in [2.45, 2.75) is 6.42 Å². The standard InChI is InChI=1S/C19H17NO3S2/c1-22-15-9-7-14(8-10-15)11-12-20-18(21)17(25-19(20)24)6-2-4-16-5-3-13-23-16/h2-10,13H,11-12H2,1H3/b4-2+,17-6+. The van der Waals surface area contributed by atoms with Crippen molar-refractivity contribution in [2.24, 2.45) is 0 Å². The molecule has 1 fully saturated rings. The minimum atomic E-state index is -0.0485. The Morgan fingerprint density at radius 3 is 2.76 bits per heavy atom. The van der Waals surface area contributed by atoms with Crippen LogP contribution >= 0.6 is 24.0 Å². The Labute approximate surface area is 156 Å². The van der Waals surface area contributed by atoms with Gasteiger partial charge in [-0.15, -0.1) is 0 Å². The molecule has 0 spiro atoms. The predicted molar refractivity (Wildman–Crippen MR) is 104 cm³/mol. The number of ether oxygens (including phenoxy) is 1. The van der Waals surface area contributed by atoms with Crippen molar-refractivity contribution in [1.29, 1.82) is 0 Å². The molecule has 128 valence electrons. The van der Waals surface area contributed by atoms with Crippen LogP contribution in [0, 0.1) is 0 Å². The highest BCUT2D eigenvalue weighted by Crippen LogP contribution is 2.31. The van der Waals surface area contributed by atoms with Crippen molar-refractivity contribution in [3.05, 3.63) is 71.0 Å². The van der Waals surface area contributed by atoms with Gasteiger partial charge in [-0.2, -0.15) is 0 Å². The van der Waals surface area contributed by atoms with E-state index in [0.29, 0.717) is 15.8 Å². The highest BCUT2D eigenvalue weighted by atomic mass is 32.2. The third kappa shape index (κ3) is 4.41. The van der Waals surface area contributed by atoms with Gasteiger partial charge in [0.25, 0.3) is 5.91 Å². The van der Waals surface area contributed by atoms with Gasteiger partial charge in [-0.25, -0.2) is 0 Å². The third-order valence-electron chi connectivity index (χ3n) is 3.71. The number of hydrogen-bond donors (Lipinski definition) is 0. The number of nitrogens with zero attached hydrogens (tertiary/aromatic N) is 1. The van der Waals surface area contributed by atoms with Gasteiger partial charge in [-0.05, 0) is 48.4 Å². The number of amides is 1. The molecule has 1 amide bonds. The number of carbonyl (C=O) groups is 1. The van der Waals surface area contributed by atoms with Crippen LogP contribution in [-0.2, 0) is 11.2 Å². The Morgan fingerprint density at radius 1 is 1.28 bits per heavy atom. The van der Waals surface area contributed by atoms with Gasteiger partial charge in [0.05, 0.1) is 18.3 Å². The number of benzene rings is 1. The molecule has 1 aromatic carbocycles. The summed E-state index contributed by atoms with van der Waals surface area (Å²) in [5.41, 5.74) is 1.14. The fourth-order valence-electron chi connectivity index (χ4n) is 2.36. The first-order valence-corrected chi connectivity index (χ1v) is 8.98. The summed E-state index contributed by atoms with van der Waals surface area (Å²) in [4.78, 5) is 14.8. The lowest BCUT2D eigenvalue weighted by Crippen LogP contribution is -2.30. The molecule has 0 radical (unpaired) electrons. The van der Waals surface area contributed by atoms with Gasteiger partial charge in [0.15, 0.2) is 0 Å². The van der Waals surface area contributed by atoms with Crippen molar-refractivity contribution >= 4 is 40.3 Å². The van der Waals surface area contributed by atoms with E-state index in [0.717, 1.165) is 23.5 Å². The van der Waals surface area contributed by atoms with Crippen LogP contribution in [0.25, 0.3) is 6.08 Å². The molecule has 0 unspecified atom stereocenters. The number of allylic oxidation sites excluding steroid dienone is 2. The molecule has 0 aliphatic carbocycles. The van der Waals surface area contributed by atoms with Crippen LogP contribution in [0.15, 0.2) is 64.1 Å². The lowest BCUT2D eigenvalue weighted by atomic mass is 10.1. The van der Waals surface area contributed by atoms with Crippen LogP contribution in [0.1, 0.15) is 11.3 Å². The number of thiocarbonyl (C=S) groups is 1. The summed E-state index contributed by atoms with van der Waals surface area (Å²) in [6.07, 6.45) is 7.73. The number of rotatable bonds is 6. The fourth-order valence-corrected chi connectivity index (χ4v) is 3.62. The topological polar surface area (TPSA) is 42.7 Å². The smallest absolute Gasteiger partial charge is 0.266 e. The van der Waals surface area contributed by atoms with Crippen molar-refractivity contribution in [3.63, 3.8) is 0 Å². The second-order valence-corrected chi connectivity index (χ2v) is 7.00. The molecule has 25 heavy (non-hydrogen) atoms. The number of thioether (sulfide) groups is 1. The van der Waals surface area contributed by atoms with E-state index >= 15 is 0 Å². The summed E-state index contributed by atoms with van der Waals surface area (Å²) < 4.78 is 11.0. The van der Waals surface area contributed by atoms with Gasteiger partial charge in [0, 0.05) is 6.54 Å². The zero-order valence-electron chi connectivity index (χ0n) is 13.7. The van der Waals surface area contributed by atoms with E-state index in [-0.39, 0.29) is 5.91 Å². The van der Waals surface area contributed by atoms with Crippen LogP contribution in [0.5, 0.6) is 5.75 Å². The molecule has 0 atom stereocenters. The van der Waals surface area contributed by atoms with Gasteiger partial charge in [-0.3, -0.25) is 9.69 Å². The maximum Gasteiger partial charge on any atom is 0.266 e. The van der Waals surface area contributed by atoms with E-state index in [4.69, 9.17) is 21.4 Å². The van der Waals surface area contributed by atoms with E-state index in [1.165, 1.54) is 11.8 Å². The summed E-state index contributed by atoms with van der Waals surface area (Å²) >= 11 is 6.67. The van der Waals surface area contributed by atoms with Crippen LogP contribution < -0.4 is 4.74 Å². The Kier molecular flexibility index (Phi) is 5.73. The van der Waals surface area contributed by atoms with Gasteiger partial charge < -0.3 is 9.15 Å². The Balaban J connectivity index is 1.60. The Bertz CT molecular complexity index is 808. The zero-order chi connectivity index (χ0) is 17.6. The number of methoxy groups -OCH3 is 1. The van der Waals surface area contributed by atoms with Crippen LogP contribution in [0.3, 0.4) is 0 Å².